The maximum Gasteiger partial charge on any atom is 0.240 e. The number of halogens is 1. The van der Waals surface area contributed by atoms with Gasteiger partial charge in [-0.25, -0.2) is 10.4 Å². The maximum absolute atomic E-state index is 11.9. The van der Waals surface area contributed by atoms with E-state index < -0.39 is 0 Å². The second-order valence-electron chi connectivity index (χ2n) is 7.44. The summed E-state index contributed by atoms with van der Waals surface area (Å²) < 4.78 is 0. The number of hydrazone groups is 1. The van der Waals surface area contributed by atoms with Gasteiger partial charge in [-0.15, -0.1) is 0 Å². The number of unbranched alkanes of at least 4 members (excludes halogenated alkanes) is 8. The summed E-state index contributed by atoms with van der Waals surface area (Å²) in [5.74, 6) is -0.0558. The zero-order valence-electron chi connectivity index (χ0n) is 17.1. The van der Waals surface area contributed by atoms with E-state index in [9.17, 15) is 4.79 Å². The van der Waals surface area contributed by atoms with E-state index in [-0.39, 0.29) is 5.91 Å². The van der Waals surface area contributed by atoms with Crippen LogP contribution in [0.25, 0.3) is 10.9 Å². The molecule has 2 aromatic rings. The van der Waals surface area contributed by atoms with Crippen LogP contribution in [0.1, 0.15) is 82.3 Å². The van der Waals surface area contributed by atoms with E-state index in [1.807, 2.05) is 31.2 Å². The monoisotopic (exact) mass is 401 g/mol. The van der Waals surface area contributed by atoms with Gasteiger partial charge in [-0.1, -0.05) is 82.0 Å². The molecule has 0 radical (unpaired) electrons. The highest BCUT2D eigenvalue weighted by molar-refractivity contribution is 6.32. The average molecular weight is 402 g/mol. The summed E-state index contributed by atoms with van der Waals surface area (Å²) in [6, 6.07) is 7.97. The summed E-state index contributed by atoms with van der Waals surface area (Å²) >= 11 is 6.23. The number of rotatable bonds is 12. The fourth-order valence-corrected chi connectivity index (χ4v) is 3.38. The highest BCUT2D eigenvalue weighted by Gasteiger charge is 2.04. The molecular weight excluding hydrogens is 370 g/mol. The molecule has 4 nitrogen and oxygen atoms in total. The predicted octanol–water partition coefficient (Wildman–Crippen LogP) is 6.57. The topological polar surface area (TPSA) is 54.4 Å². The Morgan fingerprint density at radius 1 is 1.07 bits per heavy atom. The minimum atomic E-state index is -0.0558. The third kappa shape index (κ3) is 7.97. The molecule has 0 aliphatic rings. The number of nitrogens with one attached hydrogen (secondary N) is 1. The lowest BCUT2D eigenvalue weighted by Crippen LogP contribution is -2.17. The fourth-order valence-electron chi connectivity index (χ4n) is 3.19. The Morgan fingerprint density at radius 3 is 2.46 bits per heavy atom. The summed E-state index contributed by atoms with van der Waals surface area (Å²) in [5.41, 5.74) is 5.28. The number of fused-ring (bicyclic) bond motifs is 1. The van der Waals surface area contributed by atoms with Gasteiger partial charge in [-0.2, -0.15) is 5.10 Å². The van der Waals surface area contributed by atoms with Crippen LogP contribution in [0.2, 0.25) is 5.15 Å². The van der Waals surface area contributed by atoms with Crippen LogP contribution in [0.4, 0.5) is 0 Å². The molecule has 0 fully saturated rings. The van der Waals surface area contributed by atoms with E-state index in [1.54, 1.807) is 6.21 Å². The van der Waals surface area contributed by atoms with E-state index in [2.05, 4.69) is 22.4 Å². The lowest BCUT2D eigenvalue weighted by atomic mass is 10.1. The molecule has 1 amide bonds. The maximum atomic E-state index is 11.9. The molecule has 28 heavy (non-hydrogen) atoms. The van der Waals surface area contributed by atoms with Crippen LogP contribution in [0.5, 0.6) is 0 Å². The zero-order valence-corrected chi connectivity index (χ0v) is 17.9. The largest absolute Gasteiger partial charge is 0.273 e. The third-order valence-corrected chi connectivity index (χ3v) is 5.16. The molecule has 1 heterocycles. The van der Waals surface area contributed by atoms with Crippen molar-refractivity contribution in [3.63, 3.8) is 0 Å². The first kappa shape index (κ1) is 22.4. The number of benzene rings is 1. The van der Waals surface area contributed by atoms with Gasteiger partial charge in [0.25, 0.3) is 0 Å². The average Bonchev–Trinajstić information content (AvgIpc) is 2.67. The SMILES string of the molecule is CCCCCCCCCCCC(=O)N/N=C\c1cc2ccc(C)cc2nc1Cl. The Kier molecular flexibility index (Phi) is 9.98. The van der Waals surface area contributed by atoms with Crippen LogP contribution in [0.3, 0.4) is 0 Å². The van der Waals surface area contributed by atoms with Crippen LogP contribution in [0, 0.1) is 6.92 Å². The molecule has 152 valence electrons. The summed E-state index contributed by atoms with van der Waals surface area (Å²) in [6.45, 7) is 4.26. The number of carbonyl (C=O) groups excluding carboxylic acids is 1. The van der Waals surface area contributed by atoms with Gasteiger partial charge in [0.15, 0.2) is 0 Å². The Bertz CT molecular complexity index is 789. The van der Waals surface area contributed by atoms with Crippen molar-refractivity contribution in [3.8, 4) is 0 Å². The molecule has 0 aliphatic carbocycles. The second-order valence-corrected chi connectivity index (χ2v) is 7.79. The van der Waals surface area contributed by atoms with Gasteiger partial charge in [0, 0.05) is 17.4 Å². The molecule has 0 bridgehead atoms. The van der Waals surface area contributed by atoms with Crippen LogP contribution in [0.15, 0.2) is 29.4 Å². The standard InChI is InChI=1S/C23H32ClN3O/c1-3-4-5-6-7-8-9-10-11-12-22(28)27-25-17-20-16-19-14-13-18(2)15-21(19)26-23(20)24/h13-17H,3-12H2,1-2H3,(H,27,28)/b25-17-. The molecule has 2 rings (SSSR count). The lowest BCUT2D eigenvalue weighted by Gasteiger charge is -2.04. The number of aryl methyl sites for hydroxylation is 1. The minimum absolute atomic E-state index is 0.0558. The van der Waals surface area contributed by atoms with Crippen molar-refractivity contribution in [1.29, 1.82) is 0 Å². The molecule has 0 unspecified atom stereocenters. The van der Waals surface area contributed by atoms with Crippen molar-refractivity contribution in [2.24, 2.45) is 5.10 Å². The molecule has 1 N–H and O–H groups in total. The first-order valence-electron chi connectivity index (χ1n) is 10.5. The first-order chi connectivity index (χ1) is 13.6. The number of hydrogen-bond acceptors (Lipinski definition) is 3. The van der Waals surface area contributed by atoms with E-state index in [0.29, 0.717) is 17.1 Å². The number of carbonyl (C=O) groups is 1. The third-order valence-electron chi connectivity index (χ3n) is 4.85. The normalized spacial score (nSPS) is 11.4. The smallest absolute Gasteiger partial charge is 0.240 e. The van der Waals surface area contributed by atoms with Gasteiger partial charge in [0.2, 0.25) is 5.91 Å². The van der Waals surface area contributed by atoms with Gasteiger partial charge in [-0.05, 0) is 31.0 Å². The zero-order chi connectivity index (χ0) is 20.2. The van der Waals surface area contributed by atoms with Crippen LogP contribution < -0.4 is 5.43 Å². The molecule has 0 aliphatic heterocycles. The molecule has 0 saturated heterocycles. The van der Waals surface area contributed by atoms with Gasteiger partial charge >= 0.3 is 0 Å². The summed E-state index contributed by atoms with van der Waals surface area (Å²) in [4.78, 5) is 16.3. The highest BCUT2D eigenvalue weighted by atomic mass is 35.5. The second kappa shape index (κ2) is 12.5. The number of nitrogens with zero attached hydrogens (tertiary/aromatic N) is 2. The van der Waals surface area contributed by atoms with Gasteiger partial charge in [-0.3, -0.25) is 4.79 Å². The summed E-state index contributed by atoms with van der Waals surface area (Å²) in [6.07, 6.45) is 13.2. The van der Waals surface area contributed by atoms with E-state index in [4.69, 9.17) is 11.6 Å². The molecule has 0 atom stereocenters. The van der Waals surface area contributed by atoms with Gasteiger partial charge in [0.1, 0.15) is 5.15 Å². The number of pyridine rings is 1. The summed E-state index contributed by atoms with van der Waals surface area (Å²) in [5, 5.41) is 5.42. The Labute approximate surface area is 173 Å². The van der Waals surface area contributed by atoms with Crippen molar-refractivity contribution in [3.05, 3.63) is 40.5 Å². The number of hydrogen-bond donors (Lipinski definition) is 1. The Morgan fingerprint density at radius 2 is 1.75 bits per heavy atom. The van der Waals surface area contributed by atoms with Crippen LogP contribution in [-0.4, -0.2) is 17.1 Å². The Balaban J connectivity index is 1.67. The van der Waals surface area contributed by atoms with E-state index in [0.717, 1.165) is 29.3 Å². The predicted molar refractivity (Wildman–Crippen MR) is 119 cm³/mol. The van der Waals surface area contributed by atoms with Crippen molar-refractivity contribution in [2.45, 2.75) is 78.1 Å². The molecular formula is C23H32ClN3O. The molecule has 1 aromatic carbocycles. The first-order valence-corrected chi connectivity index (χ1v) is 10.9. The van der Waals surface area contributed by atoms with Crippen molar-refractivity contribution in [1.82, 2.24) is 10.4 Å². The molecule has 5 heteroatoms. The van der Waals surface area contributed by atoms with E-state index in [1.165, 1.54) is 44.9 Å². The fraction of sp³-hybridized carbons (Fsp3) is 0.522. The van der Waals surface area contributed by atoms with Crippen molar-refractivity contribution >= 4 is 34.6 Å². The van der Waals surface area contributed by atoms with Gasteiger partial charge in [0.05, 0.1) is 11.7 Å². The molecule has 0 spiro atoms. The molecule has 1 aromatic heterocycles. The number of amides is 1. The van der Waals surface area contributed by atoms with Crippen LogP contribution >= 0.6 is 11.6 Å². The molecule has 0 saturated carbocycles. The Hall–Kier alpha value is -1.94. The highest BCUT2D eigenvalue weighted by Crippen LogP contribution is 2.20. The number of aromatic nitrogens is 1. The lowest BCUT2D eigenvalue weighted by molar-refractivity contribution is -0.121. The van der Waals surface area contributed by atoms with Crippen molar-refractivity contribution < 1.29 is 4.79 Å². The van der Waals surface area contributed by atoms with Gasteiger partial charge < -0.3 is 0 Å². The summed E-state index contributed by atoms with van der Waals surface area (Å²) in [7, 11) is 0. The quantitative estimate of drug-likeness (QED) is 0.189. The minimum Gasteiger partial charge on any atom is -0.273 e. The van der Waals surface area contributed by atoms with Crippen molar-refractivity contribution in [2.75, 3.05) is 0 Å². The van der Waals surface area contributed by atoms with Crippen LogP contribution in [-0.2, 0) is 4.79 Å². The van der Waals surface area contributed by atoms with E-state index >= 15 is 0 Å².